The molecular weight excluding hydrogens is 1270 g/mol. The number of aromatic nitrogens is 2. The third-order valence-electron chi connectivity index (χ3n) is 16.9. The summed E-state index contributed by atoms with van der Waals surface area (Å²) in [6.45, 7) is 2.71. The molecule has 38 heteroatoms. The van der Waals surface area contributed by atoms with Crippen LogP contribution in [-0.2, 0) is 83.1 Å². The maximum atomic E-state index is 14.3. The van der Waals surface area contributed by atoms with Crippen molar-refractivity contribution < 1.29 is 97.1 Å². The molecule has 0 spiro atoms. The maximum Gasteiger partial charge on any atom is 0.326 e. The molecule has 0 saturated carbocycles. The van der Waals surface area contributed by atoms with Crippen molar-refractivity contribution in [2.45, 2.75) is 190 Å². The number of hydrogen-bond acceptors (Lipinski definition) is 21. The van der Waals surface area contributed by atoms with Gasteiger partial charge >= 0.3 is 5.97 Å². The number of carbonyl (C=O) groups excluding carboxylic acids is 15. The second-order valence-corrected chi connectivity index (χ2v) is 24.3. The summed E-state index contributed by atoms with van der Waals surface area (Å²) in [7, 11) is 0. The number of aliphatic hydroxyl groups is 3. The topological polar surface area (TPSA) is 582 Å². The van der Waals surface area contributed by atoms with Crippen LogP contribution in [0.3, 0.4) is 0 Å². The summed E-state index contributed by atoms with van der Waals surface area (Å²) >= 11 is 0. The van der Waals surface area contributed by atoms with E-state index in [1.54, 1.807) is 13.8 Å². The monoisotopic (exact) mass is 1360 g/mol. The van der Waals surface area contributed by atoms with E-state index >= 15 is 0 Å². The molecule has 13 atom stereocenters. The highest BCUT2D eigenvalue weighted by atomic mass is 16.4. The molecule has 1 aromatic heterocycles. The summed E-state index contributed by atoms with van der Waals surface area (Å²) in [6, 6.07) is -18.1. The Labute approximate surface area is 551 Å². The van der Waals surface area contributed by atoms with Gasteiger partial charge in [-0.2, -0.15) is 0 Å². The van der Waals surface area contributed by atoms with Crippen molar-refractivity contribution in [2.24, 2.45) is 23.1 Å². The number of nitrogens with one attached hydrogen (secondary N) is 10. The molecule has 0 aliphatic carbocycles. The molecule has 96 heavy (non-hydrogen) atoms. The minimum Gasteiger partial charge on any atom is -0.480 e. The van der Waals surface area contributed by atoms with Gasteiger partial charge in [-0.1, -0.05) is 13.8 Å². The number of carboxylic acids is 1. The molecule has 20 N–H and O–H groups in total. The highest BCUT2D eigenvalue weighted by Gasteiger charge is 2.45. The third-order valence-corrected chi connectivity index (χ3v) is 16.9. The highest BCUT2D eigenvalue weighted by molar-refractivity contribution is 6.00. The average molecular weight is 1360 g/mol. The largest absolute Gasteiger partial charge is 0.480 e. The van der Waals surface area contributed by atoms with Crippen LogP contribution in [0.4, 0.5) is 0 Å². The first-order valence-corrected chi connectivity index (χ1v) is 31.7. The van der Waals surface area contributed by atoms with Crippen molar-refractivity contribution >= 4 is 94.6 Å². The molecule has 1 aromatic rings. The number of aliphatic carboxylic acids is 1. The Hall–Kier alpha value is -9.43. The first-order chi connectivity index (χ1) is 45.4. The summed E-state index contributed by atoms with van der Waals surface area (Å²) in [6.07, 6.45) is 2.41. The van der Waals surface area contributed by atoms with Gasteiger partial charge in [0.05, 0.1) is 32.7 Å². The Bertz CT molecular complexity index is 3030. The van der Waals surface area contributed by atoms with Crippen LogP contribution in [0.15, 0.2) is 12.5 Å². The van der Waals surface area contributed by atoms with Gasteiger partial charge in [0.15, 0.2) is 0 Å². The molecule has 4 aliphatic rings. The van der Waals surface area contributed by atoms with E-state index in [1.807, 2.05) is 0 Å². The number of imidazole rings is 1. The minimum atomic E-state index is -1.77. The van der Waals surface area contributed by atoms with Crippen molar-refractivity contribution in [1.29, 1.82) is 0 Å². The molecule has 38 nitrogen and oxygen atoms in total. The first-order valence-electron chi connectivity index (χ1n) is 31.7. The molecule has 5 heterocycles. The lowest BCUT2D eigenvalue weighted by Gasteiger charge is -2.33. The predicted molar refractivity (Wildman–Crippen MR) is 330 cm³/mol. The lowest BCUT2D eigenvalue weighted by molar-refractivity contribution is -0.148. The molecule has 15 amide bonds. The minimum absolute atomic E-state index is 0.0247. The summed E-state index contributed by atoms with van der Waals surface area (Å²) < 4.78 is 0. The van der Waals surface area contributed by atoms with Crippen molar-refractivity contribution in [3.63, 3.8) is 0 Å². The SMILES string of the molecule is CC(C)[C@H](NC(=O)[C@H](C)NC(=O)[C@@H]1CCCN1C(=O)[C@@H]1CCCN1C(=O)[C@H](C)NC(=O)[C@H](CCC(N)=O)NC(=O)[C@H](CCC(N)=O)NC(=O)[C@@H]1CCCN1C(=O)[C@H](CO)NC(=O)[C@H](CO)NC(=O)[C@@H]1CCCN1C(=O)CNC(=O)[C@@H](N)CO)C(=O)N[C@@H](Cc1cnc[nH]1)C(=O)O. The van der Waals surface area contributed by atoms with Gasteiger partial charge in [0.25, 0.3) is 0 Å². The number of nitrogens with two attached hydrogens (primary N) is 3. The van der Waals surface area contributed by atoms with Gasteiger partial charge < -0.3 is 110 Å². The molecule has 0 aromatic carbocycles. The Balaban J connectivity index is 1.19. The number of primary amides is 2. The second kappa shape index (κ2) is 36.5. The Morgan fingerprint density at radius 1 is 0.521 bits per heavy atom. The summed E-state index contributed by atoms with van der Waals surface area (Å²) in [5.41, 5.74) is 16.7. The molecule has 0 bridgehead atoms. The van der Waals surface area contributed by atoms with Gasteiger partial charge in [0, 0.05) is 57.3 Å². The molecule has 0 unspecified atom stereocenters. The van der Waals surface area contributed by atoms with Gasteiger partial charge in [-0.05, 0) is 84.0 Å². The summed E-state index contributed by atoms with van der Waals surface area (Å²) in [4.78, 5) is 225. The number of carbonyl (C=O) groups is 16. The normalized spacial score (nSPS) is 20.4. The third kappa shape index (κ3) is 21.3. The van der Waals surface area contributed by atoms with Crippen LogP contribution in [0.25, 0.3) is 0 Å². The van der Waals surface area contributed by atoms with Crippen LogP contribution in [0, 0.1) is 5.92 Å². The molecule has 0 radical (unpaired) electrons. The fraction of sp³-hybridized carbons (Fsp3) is 0.672. The predicted octanol–water partition coefficient (Wildman–Crippen LogP) is -9.47. The van der Waals surface area contributed by atoms with Crippen LogP contribution < -0.4 is 65.1 Å². The Morgan fingerprint density at radius 3 is 1.52 bits per heavy atom. The van der Waals surface area contributed by atoms with Crippen molar-refractivity contribution in [1.82, 2.24) is 77.4 Å². The fourth-order valence-electron chi connectivity index (χ4n) is 11.6. The van der Waals surface area contributed by atoms with E-state index in [0.29, 0.717) is 25.0 Å². The van der Waals surface area contributed by atoms with Gasteiger partial charge in [-0.3, -0.25) is 71.9 Å². The molecule has 532 valence electrons. The zero-order chi connectivity index (χ0) is 71.2. The number of likely N-dealkylation sites (tertiary alicyclic amines) is 4. The molecular formula is C58H90N18O20. The number of rotatable bonds is 35. The van der Waals surface area contributed by atoms with E-state index in [1.165, 1.54) is 36.2 Å². The van der Waals surface area contributed by atoms with Crippen LogP contribution in [-0.4, -0.2) is 276 Å². The van der Waals surface area contributed by atoms with Crippen molar-refractivity contribution in [3.05, 3.63) is 18.2 Å². The Kier molecular flexibility index (Phi) is 29.3. The van der Waals surface area contributed by atoms with Crippen LogP contribution in [0.2, 0.25) is 0 Å². The standard InChI is InChI=1S/C58H90N18O20/c1-28(2)45(54(91)69-35(58(95)96)21-31-22-62-27-64-31)72-46(83)29(3)65-51(88)39-10-7-19-75(39)57(94)41-12-8-20-76(41)55(92)30(4)66-48(85)33(13-15-42(60)80)67-49(86)34(14-16-43(61)81)68-53(90)40-11-6-18-74(40)56(93)37(26-79)71-50(87)36(25-78)70-52(89)38-9-5-17-73(38)44(82)23-63-47(84)32(59)24-77/h22,27-30,32-41,45,77-79H,5-21,23-26,59H2,1-4H3,(H2,60,80)(H2,61,81)(H,62,64)(H,63,84)(H,65,88)(H,66,85)(H,67,86)(H,68,90)(H,69,91)(H,70,89)(H,71,87)(H,72,83)(H,95,96)/t29-,30-,32-,33-,34-,35-,36-,37-,38-,39-,40-,41-,45-/m0/s1. The maximum absolute atomic E-state index is 14.3. The van der Waals surface area contributed by atoms with E-state index in [9.17, 15) is 92.0 Å². The van der Waals surface area contributed by atoms with E-state index in [0.717, 1.165) is 9.80 Å². The number of carboxylic acid groups (broad SMARTS) is 1. The highest BCUT2D eigenvalue weighted by Crippen LogP contribution is 2.27. The zero-order valence-corrected chi connectivity index (χ0v) is 53.9. The van der Waals surface area contributed by atoms with Gasteiger partial charge in [-0.15, -0.1) is 0 Å². The van der Waals surface area contributed by atoms with Gasteiger partial charge in [0.1, 0.15) is 78.5 Å². The number of amides is 15. The molecule has 5 rings (SSSR count). The van der Waals surface area contributed by atoms with Crippen LogP contribution >= 0.6 is 0 Å². The quantitative estimate of drug-likeness (QED) is 0.0300. The number of aromatic amines is 1. The number of aliphatic hydroxyl groups excluding tert-OH is 3. The van der Waals surface area contributed by atoms with Gasteiger partial charge in [-0.25, -0.2) is 9.78 Å². The number of H-pyrrole nitrogens is 1. The van der Waals surface area contributed by atoms with E-state index in [2.05, 4.69) is 57.8 Å². The van der Waals surface area contributed by atoms with E-state index < -0.39 is 231 Å². The molecule has 4 aliphatic heterocycles. The van der Waals surface area contributed by atoms with E-state index in [4.69, 9.17) is 22.3 Å². The van der Waals surface area contributed by atoms with Gasteiger partial charge in [0.2, 0.25) is 88.6 Å². The lowest BCUT2D eigenvalue weighted by atomic mass is 10.0. The lowest BCUT2D eigenvalue weighted by Crippen LogP contribution is -2.61. The van der Waals surface area contributed by atoms with Crippen molar-refractivity contribution in [2.75, 3.05) is 52.5 Å². The van der Waals surface area contributed by atoms with E-state index in [-0.39, 0.29) is 64.7 Å². The first kappa shape index (κ1) is 77.3. The number of hydrogen-bond donors (Lipinski definition) is 17. The Morgan fingerprint density at radius 2 is 0.990 bits per heavy atom. The van der Waals surface area contributed by atoms with Crippen LogP contribution in [0.1, 0.15) is 110 Å². The summed E-state index contributed by atoms with van der Waals surface area (Å²) in [5.74, 6) is -14.9. The average Bonchev–Trinajstić information content (AvgIpc) is 1.63. The summed E-state index contributed by atoms with van der Waals surface area (Å²) in [5, 5.41) is 61.1. The zero-order valence-electron chi connectivity index (χ0n) is 53.9. The number of nitrogens with zero attached hydrogens (tertiary/aromatic N) is 5. The van der Waals surface area contributed by atoms with Crippen molar-refractivity contribution in [3.8, 4) is 0 Å². The molecule has 4 saturated heterocycles. The molecule has 4 fully saturated rings. The van der Waals surface area contributed by atoms with Crippen LogP contribution in [0.5, 0.6) is 0 Å². The second-order valence-electron chi connectivity index (χ2n) is 24.3. The smallest absolute Gasteiger partial charge is 0.326 e. The fourth-order valence-corrected chi connectivity index (χ4v) is 11.6.